The Morgan fingerprint density at radius 3 is 2.03 bits per heavy atom. The molecule has 1 aliphatic heterocycles. The highest BCUT2D eigenvalue weighted by Crippen LogP contribution is 2.42. The lowest BCUT2D eigenvalue weighted by molar-refractivity contribution is 0.00578. The standard InChI is InChI=1S/C22H24BCl2FO3/c1-21(2)22(3,4)29-23(28-21)20(26)16(19-17(24)11-8-12-18(19)25)13-14-27-15-9-6-5-7-10-15/h5-12H,13-14H2,1-4H3. The van der Waals surface area contributed by atoms with Crippen LogP contribution in [0.5, 0.6) is 5.75 Å². The van der Waals surface area contributed by atoms with Crippen molar-refractivity contribution in [2.75, 3.05) is 6.61 Å². The monoisotopic (exact) mass is 436 g/mol. The molecule has 0 saturated carbocycles. The molecule has 7 heteroatoms. The molecular weight excluding hydrogens is 413 g/mol. The van der Waals surface area contributed by atoms with Gasteiger partial charge in [0.2, 0.25) is 0 Å². The summed E-state index contributed by atoms with van der Waals surface area (Å²) in [5, 5.41) is 0.720. The van der Waals surface area contributed by atoms with E-state index in [1.54, 1.807) is 18.2 Å². The van der Waals surface area contributed by atoms with E-state index in [2.05, 4.69) is 0 Å². The van der Waals surface area contributed by atoms with E-state index in [0.29, 0.717) is 26.9 Å². The first-order valence-corrected chi connectivity index (χ1v) is 10.2. The molecule has 0 aliphatic carbocycles. The van der Waals surface area contributed by atoms with E-state index in [1.807, 2.05) is 58.0 Å². The van der Waals surface area contributed by atoms with Crippen molar-refractivity contribution in [1.82, 2.24) is 0 Å². The molecular formula is C22H24BCl2FO3. The lowest BCUT2D eigenvalue weighted by atomic mass is 9.81. The predicted octanol–water partition coefficient (Wildman–Crippen LogP) is 6.77. The van der Waals surface area contributed by atoms with Crippen molar-refractivity contribution in [2.45, 2.75) is 45.3 Å². The summed E-state index contributed by atoms with van der Waals surface area (Å²) in [6.45, 7) is 7.75. The van der Waals surface area contributed by atoms with E-state index >= 15 is 4.39 Å². The average molecular weight is 437 g/mol. The summed E-state index contributed by atoms with van der Waals surface area (Å²) in [4.78, 5) is 0. The maximum Gasteiger partial charge on any atom is 0.525 e. The van der Waals surface area contributed by atoms with E-state index in [0.717, 1.165) is 0 Å². The molecule has 0 bridgehead atoms. The van der Waals surface area contributed by atoms with Gasteiger partial charge in [-0.2, -0.15) is 0 Å². The fraction of sp³-hybridized carbons (Fsp3) is 0.364. The van der Waals surface area contributed by atoms with Crippen molar-refractivity contribution in [3.05, 3.63) is 69.9 Å². The molecule has 0 atom stereocenters. The minimum Gasteiger partial charge on any atom is -0.493 e. The maximum absolute atomic E-state index is 15.7. The fourth-order valence-electron chi connectivity index (χ4n) is 3.03. The van der Waals surface area contributed by atoms with Gasteiger partial charge >= 0.3 is 7.12 Å². The van der Waals surface area contributed by atoms with Gasteiger partial charge in [0.15, 0.2) is 0 Å². The molecule has 1 saturated heterocycles. The van der Waals surface area contributed by atoms with E-state index in [-0.39, 0.29) is 13.0 Å². The van der Waals surface area contributed by atoms with Crippen molar-refractivity contribution >= 4 is 35.9 Å². The fourth-order valence-corrected chi connectivity index (χ4v) is 3.65. The molecule has 0 aromatic heterocycles. The molecule has 154 valence electrons. The third-order valence-corrected chi connectivity index (χ3v) is 6.01. The van der Waals surface area contributed by atoms with Gasteiger partial charge in [0, 0.05) is 22.0 Å². The van der Waals surface area contributed by atoms with Gasteiger partial charge in [-0.1, -0.05) is 47.5 Å². The highest BCUT2D eigenvalue weighted by Gasteiger charge is 2.53. The highest BCUT2D eigenvalue weighted by molar-refractivity contribution is 6.55. The van der Waals surface area contributed by atoms with E-state index in [9.17, 15) is 0 Å². The van der Waals surface area contributed by atoms with Gasteiger partial charge in [0.25, 0.3) is 0 Å². The molecule has 1 aliphatic rings. The second-order valence-electron chi connectivity index (χ2n) is 7.92. The number of ether oxygens (including phenoxy) is 1. The second kappa shape index (κ2) is 8.69. The molecule has 2 aromatic carbocycles. The first-order chi connectivity index (χ1) is 13.6. The SMILES string of the molecule is CC1(C)OB(C(F)=C(CCOc2ccccc2)c2c(Cl)cccc2Cl)OC1(C)C. The van der Waals surface area contributed by atoms with Gasteiger partial charge in [-0.05, 0) is 57.5 Å². The lowest BCUT2D eigenvalue weighted by Gasteiger charge is -2.32. The van der Waals surface area contributed by atoms with Gasteiger partial charge in [-0.25, -0.2) is 4.39 Å². The van der Waals surface area contributed by atoms with Crippen LogP contribution in [0.2, 0.25) is 10.0 Å². The largest absolute Gasteiger partial charge is 0.525 e. The van der Waals surface area contributed by atoms with Crippen LogP contribution in [0.4, 0.5) is 4.39 Å². The molecule has 1 fully saturated rings. The van der Waals surface area contributed by atoms with Gasteiger partial charge in [0.05, 0.1) is 17.8 Å². The number of hydrogen-bond donors (Lipinski definition) is 0. The first-order valence-electron chi connectivity index (χ1n) is 9.49. The smallest absolute Gasteiger partial charge is 0.493 e. The van der Waals surface area contributed by atoms with Crippen LogP contribution in [-0.4, -0.2) is 24.9 Å². The summed E-state index contributed by atoms with van der Waals surface area (Å²) in [7, 11) is -1.14. The minimum absolute atomic E-state index is 0.244. The summed E-state index contributed by atoms with van der Waals surface area (Å²) >= 11 is 12.8. The van der Waals surface area contributed by atoms with Crippen molar-refractivity contribution in [3.63, 3.8) is 0 Å². The zero-order chi connectivity index (χ0) is 21.2. The Morgan fingerprint density at radius 1 is 0.931 bits per heavy atom. The molecule has 0 unspecified atom stereocenters. The quantitative estimate of drug-likeness (QED) is 0.467. The van der Waals surface area contributed by atoms with Crippen LogP contribution >= 0.6 is 23.2 Å². The maximum atomic E-state index is 15.7. The summed E-state index contributed by atoms with van der Waals surface area (Å²) in [6, 6.07) is 14.4. The zero-order valence-electron chi connectivity index (χ0n) is 17.0. The lowest BCUT2D eigenvalue weighted by Crippen LogP contribution is -2.41. The average Bonchev–Trinajstić information content (AvgIpc) is 2.88. The van der Waals surface area contributed by atoms with Gasteiger partial charge in [-0.15, -0.1) is 0 Å². The molecule has 3 rings (SSSR count). The third-order valence-electron chi connectivity index (χ3n) is 5.38. The Balaban J connectivity index is 1.93. The minimum atomic E-state index is -1.14. The number of benzene rings is 2. The van der Waals surface area contributed by atoms with Crippen LogP contribution < -0.4 is 4.74 Å². The van der Waals surface area contributed by atoms with Gasteiger partial charge in [-0.3, -0.25) is 0 Å². The molecule has 1 heterocycles. The van der Waals surface area contributed by atoms with Crippen molar-refractivity contribution in [3.8, 4) is 5.75 Å². The van der Waals surface area contributed by atoms with Crippen molar-refractivity contribution in [2.24, 2.45) is 0 Å². The molecule has 0 spiro atoms. The Labute approximate surface area is 181 Å². The Hall–Kier alpha value is -1.53. The highest BCUT2D eigenvalue weighted by atomic mass is 35.5. The van der Waals surface area contributed by atoms with Crippen LogP contribution in [0.3, 0.4) is 0 Å². The molecule has 29 heavy (non-hydrogen) atoms. The number of para-hydroxylation sites is 1. The van der Waals surface area contributed by atoms with E-state index < -0.39 is 24.0 Å². The molecule has 0 radical (unpaired) electrons. The topological polar surface area (TPSA) is 27.7 Å². The van der Waals surface area contributed by atoms with Crippen molar-refractivity contribution < 1.29 is 18.4 Å². The Kier molecular flexibility index (Phi) is 6.64. The third kappa shape index (κ3) is 4.80. The second-order valence-corrected chi connectivity index (χ2v) is 8.74. The summed E-state index contributed by atoms with van der Waals surface area (Å²) in [5.41, 5.74) is -1.12. The molecule has 0 N–H and O–H groups in total. The van der Waals surface area contributed by atoms with Crippen LogP contribution in [0, 0.1) is 0 Å². The summed E-state index contributed by atoms with van der Waals surface area (Å²) in [5.74, 6) is 0.702. The predicted molar refractivity (Wildman–Crippen MR) is 117 cm³/mol. The summed E-state index contributed by atoms with van der Waals surface area (Å²) < 4.78 is 33.2. The van der Waals surface area contributed by atoms with Crippen LogP contribution in [-0.2, 0) is 9.31 Å². The zero-order valence-corrected chi connectivity index (χ0v) is 18.5. The number of hydrogen-bond acceptors (Lipinski definition) is 3. The van der Waals surface area contributed by atoms with Crippen LogP contribution in [0.1, 0.15) is 39.7 Å². The van der Waals surface area contributed by atoms with Gasteiger partial charge in [0.1, 0.15) is 11.5 Å². The summed E-state index contributed by atoms with van der Waals surface area (Å²) in [6.07, 6.45) is 0.244. The molecule has 2 aromatic rings. The van der Waals surface area contributed by atoms with Gasteiger partial charge < -0.3 is 14.0 Å². The number of rotatable bonds is 6. The first kappa shape index (κ1) is 22.2. The van der Waals surface area contributed by atoms with Crippen LogP contribution in [0.15, 0.2) is 54.3 Å². The van der Waals surface area contributed by atoms with Crippen LogP contribution in [0.25, 0.3) is 5.57 Å². The van der Waals surface area contributed by atoms with Crippen molar-refractivity contribution in [1.29, 1.82) is 0 Å². The van der Waals surface area contributed by atoms with E-state index in [1.165, 1.54) is 0 Å². The number of halogens is 3. The van der Waals surface area contributed by atoms with E-state index in [4.69, 9.17) is 37.2 Å². The molecule has 3 nitrogen and oxygen atoms in total. The Morgan fingerprint density at radius 2 is 1.48 bits per heavy atom. The normalized spacial score (nSPS) is 18.5. The molecule has 0 amide bonds. The Bertz CT molecular complexity index is 864.